The Morgan fingerprint density at radius 2 is 2.27 bits per heavy atom. The number of nitrogens with one attached hydrogen (secondary N) is 1. The number of ether oxygens (including phenoxy) is 1. The van der Waals surface area contributed by atoms with Crippen molar-refractivity contribution in [3.8, 4) is 17.0 Å². The maximum Gasteiger partial charge on any atom is 0.223 e. The van der Waals surface area contributed by atoms with Gasteiger partial charge in [0.05, 0.1) is 0 Å². The van der Waals surface area contributed by atoms with Crippen molar-refractivity contribution in [1.82, 2.24) is 15.0 Å². The summed E-state index contributed by atoms with van der Waals surface area (Å²) in [6.45, 7) is 2.82. The Morgan fingerprint density at radius 1 is 1.35 bits per heavy atom. The SMILES string of the molecule is CCNc1nc2cc(-c3ccc(F)nc3)c(OC3C=CCCC3)nc2s1. The fraction of sp³-hybridized carbons (Fsp3) is 0.316. The molecule has 0 fully saturated rings. The summed E-state index contributed by atoms with van der Waals surface area (Å²) in [7, 11) is 0. The fourth-order valence-electron chi connectivity index (χ4n) is 2.93. The van der Waals surface area contributed by atoms with E-state index in [0.29, 0.717) is 5.88 Å². The van der Waals surface area contributed by atoms with Crippen molar-refractivity contribution in [3.05, 3.63) is 42.5 Å². The minimum Gasteiger partial charge on any atom is -0.470 e. The standard InChI is InChI=1S/C19H19FN4OS/c1-2-21-19-23-15-10-14(12-8-9-16(20)22-11-12)17(24-18(15)26-19)25-13-6-4-3-5-7-13/h4,6,8-11,13H,2-3,5,7H2,1H3,(H,21,23). The number of aromatic nitrogens is 3. The third kappa shape index (κ3) is 3.53. The Labute approximate surface area is 155 Å². The molecule has 0 aliphatic heterocycles. The second-order valence-electron chi connectivity index (χ2n) is 6.10. The summed E-state index contributed by atoms with van der Waals surface area (Å²) in [5.41, 5.74) is 2.32. The lowest BCUT2D eigenvalue weighted by Crippen LogP contribution is -2.16. The number of nitrogens with zero attached hydrogens (tertiary/aromatic N) is 3. The molecule has 26 heavy (non-hydrogen) atoms. The van der Waals surface area contributed by atoms with E-state index >= 15 is 0 Å². The zero-order valence-electron chi connectivity index (χ0n) is 14.4. The number of anilines is 1. The van der Waals surface area contributed by atoms with Crippen LogP contribution in [0, 0.1) is 5.95 Å². The fourth-order valence-corrected chi connectivity index (χ4v) is 3.81. The monoisotopic (exact) mass is 370 g/mol. The van der Waals surface area contributed by atoms with Crippen molar-refractivity contribution >= 4 is 26.8 Å². The summed E-state index contributed by atoms with van der Waals surface area (Å²) in [6, 6.07) is 4.97. The van der Waals surface area contributed by atoms with Crippen LogP contribution >= 0.6 is 11.3 Å². The van der Waals surface area contributed by atoms with Gasteiger partial charge in [0.15, 0.2) is 5.13 Å². The van der Waals surface area contributed by atoms with E-state index in [9.17, 15) is 4.39 Å². The van der Waals surface area contributed by atoms with Crippen LogP contribution in [0.4, 0.5) is 9.52 Å². The van der Waals surface area contributed by atoms with Gasteiger partial charge in [-0.25, -0.2) is 15.0 Å². The zero-order valence-corrected chi connectivity index (χ0v) is 15.2. The first-order valence-electron chi connectivity index (χ1n) is 8.73. The van der Waals surface area contributed by atoms with Crippen LogP contribution in [0.2, 0.25) is 0 Å². The van der Waals surface area contributed by atoms with Crippen molar-refractivity contribution in [2.75, 3.05) is 11.9 Å². The molecule has 3 aromatic rings. The molecule has 134 valence electrons. The van der Waals surface area contributed by atoms with Gasteiger partial charge in [-0.05, 0) is 50.5 Å². The molecule has 0 spiro atoms. The van der Waals surface area contributed by atoms with Crippen LogP contribution in [-0.2, 0) is 0 Å². The van der Waals surface area contributed by atoms with Gasteiger partial charge in [-0.2, -0.15) is 4.39 Å². The predicted molar refractivity (Wildman–Crippen MR) is 102 cm³/mol. The first-order chi connectivity index (χ1) is 12.7. The molecule has 1 aliphatic rings. The number of allylic oxidation sites excluding steroid dienone is 1. The average Bonchev–Trinajstić information content (AvgIpc) is 3.04. The van der Waals surface area contributed by atoms with E-state index < -0.39 is 5.95 Å². The topological polar surface area (TPSA) is 59.9 Å². The van der Waals surface area contributed by atoms with Crippen LogP contribution < -0.4 is 10.1 Å². The summed E-state index contributed by atoms with van der Waals surface area (Å²) in [5.74, 6) is 0.0257. The molecule has 0 radical (unpaired) electrons. The molecule has 0 amide bonds. The van der Waals surface area contributed by atoms with Gasteiger partial charge < -0.3 is 10.1 Å². The van der Waals surface area contributed by atoms with Gasteiger partial charge in [-0.1, -0.05) is 17.4 Å². The molecule has 0 saturated heterocycles. The summed E-state index contributed by atoms with van der Waals surface area (Å²) < 4.78 is 19.4. The zero-order chi connectivity index (χ0) is 17.9. The third-order valence-electron chi connectivity index (χ3n) is 4.19. The number of rotatable bonds is 5. The van der Waals surface area contributed by atoms with Gasteiger partial charge in [0, 0.05) is 23.9 Å². The largest absolute Gasteiger partial charge is 0.470 e. The van der Waals surface area contributed by atoms with Crippen molar-refractivity contribution < 1.29 is 9.13 Å². The number of thiazole rings is 1. The van der Waals surface area contributed by atoms with E-state index in [0.717, 1.165) is 52.4 Å². The summed E-state index contributed by atoms with van der Waals surface area (Å²) >= 11 is 1.50. The van der Waals surface area contributed by atoms with Crippen LogP contribution in [0.3, 0.4) is 0 Å². The Balaban J connectivity index is 1.79. The van der Waals surface area contributed by atoms with Crippen molar-refractivity contribution in [2.24, 2.45) is 0 Å². The third-order valence-corrected chi connectivity index (χ3v) is 5.11. The highest BCUT2D eigenvalue weighted by Gasteiger charge is 2.18. The van der Waals surface area contributed by atoms with Gasteiger partial charge in [-0.3, -0.25) is 0 Å². The number of pyridine rings is 2. The molecule has 0 bridgehead atoms. The number of fused-ring (bicyclic) bond motifs is 1. The lowest BCUT2D eigenvalue weighted by atomic mass is 10.1. The second-order valence-corrected chi connectivity index (χ2v) is 7.08. The highest BCUT2D eigenvalue weighted by molar-refractivity contribution is 7.21. The molecule has 3 heterocycles. The summed E-state index contributed by atoms with van der Waals surface area (Å²) in [6.07, 6.45) is 8.87. The van der Waals surface area contributed by atoms with Gasteiger partial charge in [0.25, 0.3) is 0 Å². The molecule has 1 aliphatic carbocycles. The van der Waals surface area contributed by atoms with E-state index in [4.69, 9.17) is 9.72 Å². The molecular weight excluding hydrogens is 351 g/mol. The van der Waals surface area contributed by atoms with E-state index in [1.807, 2.05) is 13.0 Å². The minimum absolute atomic E-state index is 0.00187. The van der Waals surface area contributed by atoms with Crippen molar-refractivity contribution in [2.45, 2.75) is 32.3 Å². The van der Waals surface area contributed by atoms with Gasteiger partial charge in [0.1, 0.15) is 16.5 Å². The summed E-state index contributed by atoms with van der Waals surface area (Å²) in [5, 5.41) is 4.04. The van der Waals surface area contributed by atoms with Gasteiger partial charge in [0.2, 0.25) is 11.8 Å². The smallest absolute Gasteiger partial charge is 0.223 e. The minimum atomic E-state index is -0.511. The quantitative estimate of drug-likeness (QED) is 0.516. The highest BCUT2D eigenvalue weighted by atomic mass is 32.1. The molecule has 1 unspecified atom stereocenters. The molecule has 4 rings (SSSR count). The first-order valence-corrected chi connectivity index (χ1v) is 9.55. The average molecular weight is 370 g/mol. The van der Waals surface area contributed by atoms with Crippen LogP contribution in [0.25, 0.3) is 21.5 Å². The Hall–Kier alpha value is -2.54. The first kappa shape index (κ1) is 16.9. The highest BCUT2D eigenvalue weighted by Crippen LogP contribution is 2.35. The van der Waals surface area contributed by atoms with Gasteiger partial charge >= 0.3 is 0 Å². The lowest BCUT2D eigenvalue weighted by Gasteiger charge is -2.19. The Bertz CT molecular complexity index is 939. The number of halogens is 1. The lowest BCUT2D eigenvalue weighted by molar-refractivity contribution is 0.223. The van der Waals surface area contributed by atoms with Crippen LogP contribution in [0.5, 0.6) is 5.88 Å². The van der Waals surface area contributed by atoms with Crippen LogP contribution in [0.15, 0.2) is 36.5 Å². The number of hydrogen-bond donors (Lipinski definition) is 1. The van der Waals surface area contributed by atoms with Crippen LogP contribution in [-0.4, -0.2) is 27.6 Å². The van der Waals surface area contributed by atoms with Crippen molar-refractivity contribution in [3.63, 3.8) is 0 Å². The van der Waals surface area contributed by atoms with Crippen molar-refractivity contribution in [1.29, 1.82) is 0 Å². The van der Waals surface area contributed by atoms with E-state index in [1.54, 1.807) is 6.07 Å². The van der Waals surface area contributed by atoms with Crippen LogP contribution in [0.1, 0.15) is 26.2 Å². The van der Waals surface area contributed by atoms with E-state index in [-0.39, 0.29) is 6.10 Å². The second kappa shape index (κ2) is 7.37. The normalized spacial score (nSPS) is 16.8. The molecular formula is C19H19FN4OS. The predicted octanol–water partition coefficient (Wildman–Crippen LogP) is 4.81. The molecule has 0 saturated carbocycles. The maximum atomic E-state index is 13.2. The summed E-state index contributed by atoms with van der Waals surface area (Å²) in [4.78, 5) is 13.9. The molecule has 1 atom stereocenters. The maximum absolute atomic E-state index is 13.2. The molecule has 5 nitrogen and oxygen atoms in total. The molecule has 3 aromatic heterocycles. The van der Waals surface area contributed by atoms with Gasteiger partial charge in [-0.15, -0.1) is 0 Å². The molecule has 0 aromatic carbocycles. The van der Waals surface area contributed by atoms with E-state index in [1.165, 1.54) is 23.6 Å². The molecule has 1 N–H and O–H groups in total. The Kier molecular flexibility index (Phi) is 4.79. The molecule has 7 heteroatoms. The number of hydrogen-bond acceptors (Lipinski definition) is 6. The van der Waals surface area contributed by atoms with E-state index in [2.05, 4.69) is 27.4 Å². The Morgan fingerprint density at radius 3 is 3.00 bits per heavy atom.